The zero-order valence-corrected chi connectivity index (χ0v) is 14.8. The fourth-order valence-corrected chi connectivity index (χ4v) is 2.64. The summed E-state index contributed by atoms with van der Waals surface area (Å²) < 4.78 is 10.6. The van der Waals surface area contributed by atoms with Crippen molar-refractivity contribution in [1.82, 2.24) is 20.2 Å². The normalized spacial score (nSPS) is 14.7. The van der Waals surface area contributed by atoms with E-state index in [0.717, 1.165) is 38.5 Å². The highest BCUT2D eigenvalue weighted by Crippen LogP contribution is 2.25. The number of para-hydroxylation sites is 2. The quantitative estimate of drug-likeness (QED) is 0.772. The van der Waals surface area contributed by atoms with Crippen LogP contribution in [0.5, 0.6) is 5.75 Å². The standard InChI is InChI=1S/C18H23N5O3/c1-25-16-5-3-2-4-14(16)22-17-13-20-15(12-21-17)18(24)19-6-7-23-8-10-26-11-9-23/h2-5,12-13H,6-11H2,1H3,(H,19,24)(H,21,22). The molecule has 1 fully saturated rings. The lowest BCUT2D eigenvalue weighted by molar-refractivity contribution is 0.0383. The first-order chi connectivity index (χ1) is 12.8. The molecule has 0 unspecified atom stereocenters. The van der Waals surface area contributed by atoms with Crippen molar-refractivity contribution >= 4 is 17.4 Å². The van der Waals surface area contributed by atoms with Gasteiger partial charge in [-0.2, -0.15) is 0 Å². The maximum absolute atomic E-state index is 12.2. The Morgan fingerprint density at radius 2 is 2.04 bits per heavy atom. The van der Waals surface area contributed by atoms with Gasteiger partial charge in [0.05, 0.1) is 38.4 Å². The van der Waals surface area contributed by atoms with Crippen molar-refractivity contribution in [3.05, 3.63) is 42.4 Å². The molecule has 3 rings (SSSR count). The van der Waals surface area contributed by atoms with E-state index in [1.165, 1.54) is 12.4 Å². The summed E-state index contributed by atoms with van der Waals surface area (Å²) in [4.78, 5) is 22.9. The van der Waals surface area contributed by atoms with Crippen molar-refractivity contribution in [3.63, 3.8) is 0 Å². The lowest BCUT2D eigenvalue weighted by atomic mass is 10.3. The summed E-state index contributed by atoms with van der Waals surface area (Å²) >= 11 is 0. The molecule has 1 aliphatic rings. The van der Waals surface area contributed by atoms with E-state index in [1.807, 2.05) is 24.3 Å². The van der Waals surface area contributed by atoms with Gasteiger partial charge in [0.15, 0.2) is 0 Å². The molecule has 26 heavy (non-hydrogen) atoms. The molecule has 8 nitrogen and oxygen atoms in total. The molecule has 0 bridgehead atoms. The maximum atomic E-state index is 12.2. The molecule has 2 aromatic rings. The molecule has 1 aliphatic heterocycles. The van der Waals surface area contributed by atoms with E-state index in [2.05, 4.69) is 25.5 Å². The minimum Gasteiger partial charge on any atom is -0.495 e. The van der Waals surface area contributed by atoms with Crippen LogP contribution in [0.2, 0.25) is 0 Å². The number of nitrogens with zero attached hydrogens (tertiary/aromatic N) is 3. The maximum Gasteiger partial charge on any atom is 0.271 e. The number of morpholine rings is 1. The fraction of sp³-hybridized carbons (Fsp3) is 0.389. The van der Waals surface area contributed by atoms with Gasteiger partial charge in [-0.05, 0) is 12.1 Å². The molecular weight excluding hydrogens is 334 g/mol. The number of carbonyl (C=O) groups is 1. The van der Waals surface area contributed by atoms with Gasteiger partial charge in [-0.15, -0.1) is 0 Å². The zero-order chi connectivity index (χ0) is 18.2. The Kier molecular flexibility index (Phi) is 6.34. The van der Waals surface area contributed by atoms with E-state index >= 15 is 0 Å². The molecule has 0 saturated carbocycles. The van der Waals surface area contributed by atoms with E-state index < -0.39 is 0 Å². The molecule has 2 N–H and O–H groups in total. The van der Waals surface area contributed by atoms with Gasteiger partial charge in [0.25, 0.3) is 5.91 Å². The second-order valence-corrected chi connectivity index (χ2v) is 5.82. The third-order valence-corrected chi connectivity index (χ3v) is 4.07. The minimum absolute atomic E-state index is 0.227. The van der Waals surface area contributed by atoms with Gasteiger partial charge < -0.3 is 20.1 Å². The number of hydrogen-bond donors (Lipinski definition) is 2. The number of nitrogens with one attached hydrogen (secondary N) is 2. The van der Waals surface area contributed by atoms with E-state index in [4.69, 9.17) is 9.47 Å². The van der Waals surface area contributed by atoms with Gasteiger partial charge in [-0.25, -0.2) is 9.97 Å². The van der Waals surface area contributed by atoms with Crippen LogP contribution in [0.4, 0.5) is 11.5 Å². The third kappa shape index (κ3) is 4.90. The van der Waals surface area contributed by atoms with Crippen molar-refractivity contribution in [2.45, 2.75) is 0 Å². The first-order valence-electron chi connectivity index (χ1n) is 8.56. The minimum atomic E-state index is -0.227. The van der Waals surface area contributed by atoms with Gasteiger partial charge in [0, 0.05) is 26.2 Å². The van der Waals surface area contributed by atoms with Crippen LogP contribution >= 0.6 is 0 Å². The summed E-state index contributed by atoms with van der Waals surface area (Å²) in [5.41, 5.74) is 1.07. The van der Waals surface area contributed by atoms with Gasteiger partial charge in [0.2, 0.25) is 0 Å². The Hall–Kier alpha value is -2.71. The predicted molar refractivity (Wildman–Crippen MR) is 97.9 cm³/mol. The number of anilines is 2. The Labute approximate surface area is 152 Å². The molecule has 1 aromatic heterocycles. The average molecular weight is 357 g/mol. The molecule has 0 atom stereocenters. The molecule has 0 aliphatic carbocycles. The number of benzene rings is 1. The SMILES string of the molecule is COc1ccccc1Nc1cnc(C(=O)NCCN2CCOCC2)cn1. The monoisotopic (exact) mass is 357 g/mol. The summed E-state index contributed by atoms with van der Waals surface area (Å²) in [6.07, 6.45) is 2.99. The summed E-state index contributed by atoms with van der Waals surface area (Å²) in [6.45, 7) is 4.68. The number of amides is 1. The second kappa shape index (κ2) is 9.12. The van der Waals surface area contributed by atoms with E-state index in [0.29, 0.717) is 18.1 Å². The Bertz CT molecular complexity index is 717. The van der Waals surface area contributed by atoms with Crippen LogP contribution < -0.4 is 15.4 Å². The van der Waals surface area contributed by atoms with Crippen LogP contribution in [-0.4, -0.2) is 67.3 Å². The fourth-order valence-electron chi connectivity index (χ4n) is 2.64. The Morgan fingerprint density at radius 3 is 2.77 bits per heavy atom. The number of carbonyl (C=O) groups excluding carboxylic acids is 1. The summed E-state index contributed by atoms with van der Waals surface area (Å²) in [7, 11) is 1.61. The highest BCUT2D eigenvalue weighted by Gasteiger charge is 2.12. The van der Waals surface area contributed by atoms with E-state index in [9.17, 15) is 4.79 Å². The molecule has 0 radical (unpaired) electrons. The predicted octanol–water partition coefficient (Wildman–Crippen LogP) is 1.29. The van der Waals surface area contributed by atoms with Crippen molar-refractivity contribution in [3.8, 4) is 5.75 Å². The van der Waals surface area contributed by atoms with Crippen LogP contribution in [0.25, 0.3) is 0 Å². The number of ether oxygens (including phenoxy) is 2. The van der Waals surface area contributed by atoms with Crippen molar-refractivity contribution in [2.75, 3.05) is 51.8 Å². The number of methoxy groups -OCH3 is 1. The number of rotatable bonds is 7. The molecule has 0 spiro atoms. The van der Waals surface area contributed by atoms with Crippen molar-refractivity contribution in [2.24, 2.45) is 0 Å². The highest BCUT2D eigenvalue weighted by atomic mass is 16.5. The Morgan fingerprint density at radius 1 is 1.23 bits per heavy atom. The largest absolute Gasteiger partial charge is 0.495 e. The molecule has 138 valence electrons. The first-order valence-corrected chi connectivity index (χ1v) is 8.56. The van der Waals surface area contributed by atoms with Gasteiger partial charge >= 0.3 is 0 Å². The van der Waals surface area contributed by atoms with Crippen LogP contribution in [0.3, 0.4) is 0 Å². The van der Waals surface area contributed by atoms with Gasteiger partial charge in [0.1, 0.15) is 17.3 Å². The molecule has 8 heteroatoms. The topological polar surface area (TPSA) is 88.6 Å². The summed E-state index contributed by atoms with van der Waals surface area (Å²) in [5.74, 6) is 1.02. The lowest BCUT2D eigenvalue weighted by Gasteiger charge is -2.26. The summed E-state index contributed by atoms with van der Waals surface area (Å²) in [6, 6.07) is 7.52. The van der Waals surface area contributed by atoms with Crippen LogP contribution in [0.15, 0.2) is 36.7 Å². The molecule has 1 saturated heterocycles. The average Bonchev–Trinajstić information content (AvgIpc) is 2.70. The van der Waals surface area contributed by atoms with Crippen LogP contribution in [0.1, 0.15) is 10.5 Å². The van der Waals surface area contributed by atoms with Crippen LogP contribution in [-0.2, 0) is 4.74 Å². The number of hydrogen-bond acceptors (Lipinski definition) is 7. The highest BCUT2D eigenvalue weighted by molar-refractivity contribution is 5.92. The Balaban J connectivity index is 1.51. The zero-order valence-electron chi connectivity index (χ0n) is 14.8. The second-order valence-electron chi connectivity index (χ2n) is 5.82. The summed E-state index contributed by atoms with van der Waals surface area (Å²) in [5, 5.41) is 6.00. The van der Waals surface area contributed by atoms with Crippen LogP contribution in [0, 0.1) is 0 Å². The molecule has 1 aromatic carbocycles. The van der Waals surface area contributed by atoms with Gasteiger partial charge in [-0.1, -0.05) is 12.1 Å². The van der Waals surface area contributed by atoms with E-state index in [1.54, 1.807) is 7.11 Å². The first kappa shape index (κ1) is 18.1. The molecule has 2 heterocycles. The number of aromatic nitrogens is 2. The van der Waals surface area contributed by atoms with E-state index in [-0.39, 0.29) is 11.6 Å². The molecular formula is C18H23N5O3. The third-order valence-electron chi connectivity index (χ3n) is 4.07. The van der Waals surface area contributed by atoms with Gasteiger partial charge in [-0.3, -0.25) is 9.69 Å². The van der Waals surface area contributed by atoms with Crippen molar-refractivity contribution < 1.29 is 14.3 Å². The lowest BCUT2D eigenvalue weighted by Crippen LogP contribution is -2.41. The molecule has 1 amide bonds. The van der Waals surface area contributed by atoms with Crippen molar-refractivity contribution in [1.29, 1.82) is 0 Å². The smallest absolute Gasteiger partial charge is 0.271 e.